The van der Waals surface area contributed by atoms with Crippen molar-refractivity contribution in [1.82, 2.24) is 5.32 Å². The van der Waals surface area contributed by atoms with Crippen molar-refractivity contribution in [3.05, 3.63) is 47.5 Å². The zero-order valence-electron chi connectivity index (χ0n) is 10.8. The molecule has 0 amide bonds. The molecule has 1 atom stereocenters. The molecule has 1 aliphatic carbocycles. The number of nitrogens with one attached hydrogen (secondary N) is 1. The van der Waals surface area contributed by atoms with E-state index in [1.165, 1.54) is 31.2 Å². The van der Waals surface area contributed by atoms with E-state index in [-0.39, 0.29) is 0 Å². The van der Waals surface area contributed by atoms with Crippen molar-refractivity contribution in [3.63, 3.8) is 0 Å². The van der Waals surface area contributed by atoms with Gasteiger partial charge in [-0.05, 0) is 44.2 Å². The minimum atomic E-state index is 0.555. The largest absolute Gasteiger partial charge is 0.310 e. The molecule has 0 radical (unpaired) electrons. The fraction of sp³-hybridized carbons (Fsp3) is 0.500. The van der Waals surface area contributed by atoms with E-state index in [0.717, 1.165) is 13.0 Å². The van der Waals surface area contributed by atoms with Gasteiger partial charge in [0.25, 0.3) is 0 Å². The van der Waals surface area contributed by atoms with Gasteiger partial charge in [0, 0.05) is 6.04 Å². The quantitative estimate of drug-likeness (QED) is 0.733. The second-order valence-electron chi connectivity index (χ2n) is 4.87. The molecular weight excluding hydrogens is 206 g/mol. The number of benzene rings is 1. The zero-order valence-corrected chi connectivity index (χ0v) is 10.8. The zero-order chi connectivity index (χ0) is 11.9. The molecule has 1 aromatic rings. The molecular formula is C16H23N. The molecule has 17 heavy (non-hydrogen) atoms. The SMILES string of the molecule is CCCNC(Cc1ccccc1)C1=CCCC1. The van der Waals surface area contributed by atoms with Crippen LogP contribution < -0.4 is 5.32 Å². The smallest absolute Gasteiger partial charge is 0.0320 e. The summed E-state index contributed by atoms with van der Waals surface area (Å²) in [5, 5.41) is 3.69. The molecule has 0 heterocycles. The lowest BCUT2D eigenvalue weighted by molar-refractivity contribution is 0.552. The summed E-state index contributed by atoms with van der Waals surface area (Å²) in [5.74, 6) is 0. The third kappa shape index (κ3) is 3.71. The highest BCUT2D eigenvalue weighted by Gasteiger charge is 2.16. The van der Waals surface area contributed by atoms with E-state index in [2.05, 4.69) is 48.6 Å². The topological polar surface area (TPSA) is 12.0 Å². The third-order valence-corrected chi connectivity index (χ3v) is 3.45. The van der Waals surface area contributed by atoms with Crippen LogP contribution in [0.15, 0.2) is 42.0 Å². The summed E-state index contributed by atoms with van der Waals surface area (Å²) >= 11 is 0. The van der Waals surface area contributed by atoms with Crippen molar-refractivity contribution < 1.29 is 0 Å². The Hall–Kier alpha value is -1.08. The van der Waals surface area contributed by atoms with E-state index >= 15 is 0 Å². The van der Waals surface area contributed by atoms with Gasteiger partial charge in [-0.2, -0.15) is 0 Å². The van der Waals surface area contributed by atoms with Crippen LogP contribution in [0.25, 0.3) is 0 Å². The number of hydrogen-bond acceptors (Lipinski definition) is 1. The number of allylic oxidation sites excluding steroid dienone is 1. The van der Waals surface area contributed by atoms with Crippen molar-refractivity contribution in [2.24, 2.45) is 0 Å². The molecule has 0 fully saturated rings. The van der Waals surface area contributed by atoms with E-state index in [4.69, 9.17) is 0 Å². The molecule has 92 valence electrons. The summed E-state index contributed by atoms with van der Waals surface area (Å²) in [6, 6.07) is 11.4. The molecule has 0 saturated heterocycles. The lowest BCUT2D eigenvalue weighted by atomic mass is 9.98. The van der Waals surface area contributed by atoms with Gasteiger partial charge >= 0.3 is 0 Å². The third-order valence-electron chi connectivity index (χ3n) is 3.45. The second-order valence-corrected chi connectivity index (χ2v) is 4.87. The monoisotopic (exact) mass is 229 g/mol. The van der Waals surface area contributed by atoms with Crippen LogP contribution in [0.2, 0.25) is 0 Å². The average molecular weight is 229 g/mol. The maximum Gasteiger partial charge on any atom is 0.0320 e. The second kappa shape index (κ2) is 6.61. The minimum absolute atomic E-state index is 0.555. The fourth-order valence-corrected chi connectivity index (χ4v) is 2.51. The summed E-state index contributed by atoms with van der Waals surface area (Å²) in [6.07, 6.45) is 8.68. The molecule has 1 heteroatoms. The van der Waals surface area contributed by atoms with Crippen LogP contribution in [0.4, 0.5) is 0 Å². The highest BCUT2D eigenvalue weighted by Crippen LogP contribution is 2.23. The molecule has 0 spiro atoms. The Balaban J connectivity index is 2.00. The van der Waals surface area contributed by atoms with Gasteiger partial charge < -0.3 is 5.32 Å². The maximum absolute atomic E-state index is 3.69. The van der Waals surface area contributed by atoms with Crippen LogP contribution in [0.5, 0.6) is 0 Å². The van der Waals surface area contributed by atoms with Crippen molar-refractivity contribution in [1.29, 1.82) is 0 Å². The highest BCUT2D eigenvalue weighted by atomic mass is 14.9. The first-order valence-corrected chi connectivity index (χ1v) is 6.86. The summed E-state index contributed by atoms with van der Waals surface area (Å²) in [7, 11) is 0. The van der Waals surface area contributed by atoms with E-state index < -0.39 is 0 Å². The molecule has 1 unspecified atom stereocenters. The Bertz CT molecular complexity index is 353. The molecule has 1 N–H and O–H groups in total. The Morgan fingerprint density at radius 1 is 1.24 bits per heavy atom. The van der Waals surface area contributed by atoms with E-state index in [1.54, 1.807) is 5.57 Å². The van der Waals surface area contributed by atoms with Gasteiger partial charge in [0.15, 0.2) is 0 Å². The lowest BCUT2D eigenvalue weighted by Gasteiger charge is -2.20. The Kier molecular flexibility index (Phi) is 4.81. The van der Waals surface area contributed by atoms with Gasteiger partial charge in [0.2, 0.25) is 0 Å². The van der Waals surface area contributed by atoms with Gasteiger partial charge in [-0.25, -0.2) is 0 Å². The van der Waals surface area contributed by atoms with E-state index in [1.807, 2.05) is 0 Å². The van der Waals surface area contributed by atoms with Gasteiger partial charge in [0.05, 0.1) is 0 Å². The molecule has 0 saturated carbocycles. The van der Waals surface area contributed by atoms with Crippen LogP contribution >= 0.6 is 0 Å². The first-order chi connectivity index (χ1) is 8.40. The van der Waals surface area contributed by atoms with E-state index in [0.29, 0.717) is 6.04 Å². The molecule has 0 aromatic heterocycles. The first-order valence-electron chi connectivity index (χ1n) is 6.86. The molecule has 1 nitrogen and oxygen atoms in total. The molecule has 0 bridgehead atoms. The van der Waals surface area contributed by atoms with Crippen LogP contribution in [0.3, 0.4) is 0 Å². The summed E-state index contributed by atoms with van der Waals surface area (Å²) in [4.78, 5) is 0. The van der Waals surface area contributed by atoms with Crippen LogP contribution in [0, 0.1) is 0 Å². The summed E-state index contributed by atoms with van der Waals surface area (Å²) in [6.45, 7) is 3.35. The van der Waals surface area contributed by atoms with Gasteiger partial charge in [-0.15, -0.1) is 0 Å². The van der Waals surface area contributed by atoms with Crippen molar-refractivity contribution in [3.8, 4) is 0 Å². The maximum atomic E-state index is 3.69. The fourth-order valence-electron chi connectivity index (χ4n) is 2.51. The Morgan fingerprint density at radius 2 is 2.06 bits per heavy atom. The van der Waals surface area contributed by atoms with Crippen molar-refractivity contribution in [2.45, 2.75) is 45.1 Å². The van der Waals surface area contributed by atoms with Crippen LogP contribution in [-0.2, 0) is 6.42 Å². The number of rotatable bonds is 6. The van der Waals surface area contributed by atoms with Crippen molar-refractivity contribution >= 4 is 0 Å². The minimum Gasteiger partial charge on any atom is -0.310 e. The van der Waals surface area contributed by atoms with Gasteiger partial charge in [-0.3, -0.25) is 0 Å². The van der Waals surface area contributed by atoms with Crippen LogP contribution in [-0.4, -0.2) is 12.6 Å². The highest BCUT2D eigenvalue weighted by molar-refractivity contribution is 5.22. The molecule has 1 aliphatic rings. The normalized spacial score (nSPS) is 16.9. The standard InChI is InChI=1S/C16H23N/c1-2-12-17-16(15-10-6-7-11-15)13-14-8-4-3-5-9-14/h3-5,8-10,16-17H,2,6-7,11-13H2,1H3. The summed E-state index contributed by atoms with van der Waals surface area (Å²) in [5.41, 5.74) is 3.07. The van der Waals surface area contributed by atoms with Gasteiger partial charge in [0.1, 0.15) is 0 Å². The van der Waals surface area contributed by atoms with E-state index in [9.17, 15) is 0 Å². The molecule has 2 rings (SSSR count). The predicted molar refractivity (Wildman–Crippen MR) is 74.2 cm³/mol. The Morgan fingerprint density at radius 3 is 2.71 bits per heavy atom. The van der Waals surface area contributed by atoms with Gasteiger partial charge in [-0.1, -0.05) is 48.9 Å². The molecule has 0 aliphatic heterocycles. The lowest BCUT2D eigenvalue weighted by Crippen LogP contribution is -2.33. The summed E-state index contributed by atoms with van der Waals surface area (Å²) < 4.78 is 0. The Labute approximate surface area is 105 Å². The molecule has 1 aromatic carbocycles. The average Bonchev–Trinajstić information content (AvgIpc) is 2.89. The first kappa shape index (κ1) is 12.4. The number of hydrogen-bond donors (Lipinski definition) is 1. The van der Waals surface area contributed by atoms with Crippen LogP contribution in [0.1, 0.15) is 38.2 Å². The van der Waals surface area contributed by atoms with Crippen molar-refractivity contribution in [2.75, 3.05) is 6.54 Å². The predicted octanol–water partition coefficient (Wildman–Crippen LogP) is 3.71.